The van der Waals surface area contributed by atoms with Crippen LogP contribution < -0.4 is 5.32 Å². The Morgan fingerprint density at radius 1 is 1.17 bits per heavy atom. The van der Waals surface area contributed by atoms with Crippen LogP contribution >= 0.6 is 11.8 Å². The van der Waals surface area contributed by atoms with Crippen LogP contribution in [0.5, 0.6) is 0 Å². The van der Waals surface area contributed by atoms with Crippen molar-refractivity contribution in [1.82, 2.24) is 5.16 Å². The molecule has 0 saturated heterocycles. The first-order chi connectivity index (χ1) is 11.3. The molecule has 5 heteroatoms. The number of benzene rings is 1. The largest absolute Gasteiger partial charge is 0.360 e. The quantitative estimate of drug-likeness (QED) is 0.853. The van der Waals surface area contributed by atoms with Crippen LogP contribution in [0.2, 0.25) is 0 Å². The number of nitrogens with zero attached hydrogens (tertiary/aromatic N) is 1. The molecule has 120 valence electrons. The minimum absolute atomic E-state index is 0.194. The Morgan fingerprint density at radius 3 is 2.74 bits per heavy atom. The van der Waals surface area contributed by atoms with Gasteiger partial charge in [0.05, 0.1) is 5.69 Å². The van der Waals surface area contributed by atoms with Gasteiger partial charge >= 0.3 is 0 Å². The van der Waals surface area contributed by atoms with E-state index in [4.69, 9.17) is 4.52 Å². The molecule has 2 fully saturated rings. The highest BCUT2D eigenvalue weighted by Gasteiger charge is 2.29. The number of aromatic nitrogens is 1. The molecule has 2 aliphatic rings. The van der Waals surface area contributed by atoms with E-state index in [0.29, 0.717) is 16.9 Å². The average molecular weight is 328 g/mol. The zero-order chi connectivity index (χ0) is 15.6. The Balaban J connectivity index is 1.47. The SMILES string of the molecule is O=C(Nc1ccccc1SC1CCCC1)c1cc(C2CC2)on1. The molecule has 4 rings (SSSR count). The highest BCUT2D eigenvalue weighted by atomic mass is 32.2. The Kier molecular flexibility index (Phi) is 4.12. The van der Waals surface area contributed by atoms with Gasteiger partial charge in [-0.1, -0.05) is 30.1 Å². The van der Waals surface area contributed by atoms with Gasteiger partial charge in [-0.05, 0) is 37.8 Å². The van der Waals surface area contributed by atoms with E-state index in [2.05, 4.69) is 16.5 Å². The molecular formula is C18H20N2O2S. The van der Waals surface area contributed by atoms with Gasteiger partial charge in [0.15, 0.2) is 5.69 Å². The molecule has 0 atom stereocenters. The van der Waals surface area contributed by atoms with Crippen molar-refractivity contribution in [1.29, 1.82) is 0 Å². The molecule has 0 unspecified atom stereocenters. The first-order valence-corrected chi connectivity index (χ1v) is 9.21. The number of amides is 1. The third-order valence-electron chi connectivity index (χ3n) is 4.47. The zero-order valence-corrected chi connectivity index (χ0v) is 13.8. The van der Waals surface area contributed by atoms with Crippen LogP contribution in [0, 0.1) is 0 Å². The molecule has 0 spiro atoms. The van der Waals surface area contributed by atoms with E-state index in [0.717, 1.165) is 29.2 Å². The summed E-state index contributed by atoms with van der Waals surface area (Å²) in [5.74, 6) is 1.11. The maximum Gasteiger partial charge on any atom is 0.277 e. The summed E-state index contributed by atoms with van der Waals surface area (Å²) < 4.78 is 5.27. The van der Waals surface area contributed by atoms with E-state index in [1.165, 1.54) is 25.7 Å². The molecule has 2 aliphatic carbocycles. The Bertz CT molecular complexity index is 703. The lowest BCUT2D eigenvalue weighted by atomic mass is 10.2. The standard InChI is InChI=1S/C18H20N2O2S/c21-18(15-11-16(22-20-15)12-9-10-12)19-14-7-3-4-8-17(14)23-13-5-1-2-6-13/h3-4,7-8,11-13H,1-2,5-6,9-10H2,(H,19,21). The topological polar surface area (TPSA) is 55.1 Å². The Morgan fingerprint density at radius 2 is 1.96 bits per heavy atom. The molecule has 1 N–H and O–H groups in total. The maximum atomic E-state index is 12.4. The molecule has 4 nitrogen and oxygen atoms in total. The van der Waals surface area contributed by atoms with Gasteiger partial charge in [0.2, 0.25) is 0 Å². The molecule has 1 amide bonds. The summed E-state index contributed by atoms with van der Waals surface area (Å²) in [5.41, 5.74) is 1.23. The van der Waals surface area contributed by atoms with Crippen molar-refractivity contribution in [3.8, 4) is 0 Å². The van der Waals surface area contributed by atoms with Crippen molar-refractivity contribution in [2.45, 2.75) is 54.6 Å². The molecule has 0 radical (unpaired) electrons. The molecule has 0 bridgehead atoms. The van der Waals surface area contributed by atoms with Crippen molar-refractivity contribution < 1.29 is 9.32 Å². The molecule has 23 heavy (non-hydrogen) atoms. The molecule has 1 aromatic heterocycles. The van der Waals surface area contributed by atoms with Crippen LogP contribution in [0.3, 0.4) is 0 Å². The van der Waals surface area contributed by atoms with E-state index in [1.54, 1.807) is 6.07 Å². The fourth-order valence-corrected chi connectivity index (χ4v) is 4.33. The highest BCUT2D eigenvalue weighted by molar-refractivity contribution is 8.00. The van der Waals surface area contributed by atoms with Gasteiger partial charge in [0.25, 0.3) is 5.91 Å². The number of carbonyl (C=O) groups is 1. The van der Waals surface area contributed by atoms with Gasteiger partial charge in [0.1, 0.15) is 5.76 Å². The van der Waals surface area contributed by atoms with Gasteiger partial charge < -0.3 is 9.84 Å². The fourth-order valence-electron chi connectivity index (χ4n) is 3.00. The van der Waals surface area contributed by atoms with Gasteiger partial charge in [-0.25, -0.2) is 0 Å². The first kappa shape index (κ1) is 14.8. The average Bonchev–Trinajstić information content (AvgIpc) is 3.08. The number of anilines is 1. The molecule has 1 heterocycles. The lowest BCUT2D eigenvalue weighted by Crippen LogP contribution is -2.13. The second-order valence-electron chi connectivity index (χ2n) is 6.36. The fraction of sp³-hybridized carbons (Fsp3) is 0.444. The minimum Gasteiger partial charge on any atom is -0.360 e. The van der Waals surface area contributed by atoms with Crippen LogP contribution in [-0.2, 0) is 0 Å². The summed E-state index contributed by atoms with van der Waals surface area (Å²) in [5, 5.41) is 7.57. The minimum atomic E-state index is -0.194. The highest BCUT2D eigenvalue weighted by Crippen LogP contribution is 2.40. The van der Waals surface area contributed by atoms with Crippen LogP contribution in [0.1, 0.15) is 60.7 Å². The van der Waals surface area contributed by atoms with E-state index < -0.39 is 0 Å². The van der Waals surface area contributed by atoms with Gasteiger partial charge in [-0.3, -0.25) is 4.79 Å². The van der Waals surface area contributed by atoms with Gasteiger partial charge in [0, 0.05) is 22.1 Å². The lowest BCUT2D eigenvalue weighted by molar-refractivity contribution is 0.101. The van der Waals surface area contributed by atoms with E-state index in [-0.39, 0.29) is 5.91 Å². The predicted octanol–water partition coefficient (Wildman–Crippen LogP) is 4.84. The summed E-state index contributed by atoms with van der Waals surface area (Å²) in [7, 11) is 0. The zero-order valence-electron chi connectivity index (χ0n) is 13.0. The Hall–Kier alpha value is -1.75. The molecule has 0 aliphatic heterocycles. The van der Waals surface area contributed by atoms with Gasteiger partial charge in [-0.2, -0.15) is 0 Å². The van der Waals surface area contributed by atoms with Crippen LogP contribution in [0.4, 0.5) is 5.69 Å². The van der Waals surface area contributed by atoms with Crippen LogP contribution in [0.25, 0.3) is 0 Å². The van der Waals surface area contributed by atoms with Crippen LogP contribution in [0.15, 0.2) is 39.8 Å². The summed E-state index contributed by atoms with van der Waals surface area (Å²) in [6.07, 6.45) is 7.43. The maximum absolute atomic E-state index is 12.4. The van der Waals surface area contributed by atoms with Crippen molar-refractivity contribution in [2.75, 3.05) is 5.32 Å². The van der Waals surface area contributed by atoms with E-state index in [9.17, 15) is 4.79 Å². The number of hydrogen-bond donors (Lipinski definition) is 1. The number of hydrogen-bond acceptors (Lipinski definition) is 4. The van der Waals surface area contributed by atoms with E-state index in [1.807, 2.05) is 30.0 Å². The van der Waals surface area contributed by atoms with Gasteiger partial charge in [-0.15, -0.1) is 11.8 Å². The lowest BCUT2D eigenvalue weighted by Gasteiger charge is -2.13. The summed E-state index contributed by atoms with van der Waals surface area (Å²) in [6.45, 7) is 0. The first-order valence-electron chi connectivity index (χ1n) is 8.33. The molecule has 1 aromatic carbocycles. The van der Waals surface area contributed by atoms with Crippen molar-refractivity contribution in [2.24, 2.45) is 0 Å². The second kappa shape index (κ2) is 6.40. The predicted molar refractivity (Wildman–Crippen MR) is 91.0 cm³/mol. The summed E-state index contributed by atoms with van der Waals surface area (Å²) in [6, 6.07) is 9.79. The smallest absolute Gasteiger partial charge is 0.277 e. The molecular weight excluding hydrogens is 308 g/mol. The molecule has 2 saturated carbocycles. The summed E-state index contributed by atoms with van der Waals surface area (Å²) in [4.78, 5) is 13.6. The summed E-state index contributed by atoms with van der Waals surface area (Å²) >= 11 is 1.88. The van der Waals surface area contributed by atoms with E-state index >= 15 is 0 Å². The number of rotatable bonds is 5. The molecule has 2 aromatic rings. The number of carbonyl (C=O) groups excluding carboxylic acids is 1. The third-order valence-corrected chi connectivity index (χ3v) is 5.89. The van der Waals surface area contributed by atoms with Crippen molar-refractivity contribution in [3.63, 3.8) is 0 Å². The van der Waals surface area contributed by atoms with Crippen LogP contribution in [-0.4, -0.2) is 16.3 Å². The van der Waals surface area contributed by atoms with Crippen molar-refractivity contribution in [3.05, 3.63) is 41.8 Å². The number of para-hydroxylation sites is 1. The number of thioether (sulfide) groups is 1. The normalized spacial score (nSPS) is 18.3. The van der Waals surface area contributed by atoms with Crippen molar-refractivity contribution >= 4 is 23.4 Å². The second-order valence-corrected chi connectivity index (χ2v) is 7.71. The number of nitrogens with one attached hydrogen (secondary N) is 1. The third kappa shape index (κ3) is 3.44. The Labute approximate surface area is 140 Å². The monoisotopic (exact) mass is 328 g/mol.